The minimum absolute atomic E-state index is 0.264. The number of thioether (sulfide) groups is 1. The van der Waals surface area contributed by atoms with E-state index in [0.29, 0.717) is 28.3 Å². The van der Waals surface area contributed by atoms with Gasteiger partial charge in [-0.2, -0.15) is 0 Å². The van der Waals surface area contributed by atoms with Gasteiger partial charge in [0.25, 0.3) is 0 Å². The molecule has 9 nitrogen and oxygen atoms in total. The maximum absolute atomic E-state index is 13.8. The van der Waals surface area contributed by atoms with Crippen LogP contribution in [0.3, 0.4) is 0 Å². The molecule has 0 aromatic heterocycles. The molecule has 50 heavy (non-hydrogen) atoms. The lowest BCUT2D eigenvalue weighted by Gasteiger charge is -2.51. The lowest BCUT2D eigenvalue weighted by Crippen LogP contribution is -2.66. The molecule has 11 heteroatoms. The van der Waals surface area contributed by atoms with Crippen LogP contribution in [-0.2, 0) is 18.9 Å². The number of fused-ring (bicyclic) bond motifs is 2. The summed E-state index contributed by atoms with van der Waals surface area (Å²) in [4.78, 5) is 46.0. The van der Waals surface area contributed by atoms with E-state index >= 15 is 0 Å². The van der Waals surface area contributed by atoms with Crippen LogP contribution in [0.4, 0.5) is 5.69 Å². The summed E-state index contributed by atoms with van der Waals surface area (Å²) < 4.78 is 25.2. The summed E-state index contributed by atoms with van der Waals surface area (Å²) in [6.45, 7) is 6.99. The van der Waals surface area contributed by atoms with Crippen molar-refractivity contribution >= 4 is 47.0 Å². The van der Waals surface area contributed by atoms with Gasteiger partial charge in [-0.3, -0.25) is 0 Å². The minimum atomic E-state index is -1.13. The van der Waals surface area contributed by atoms with Gasteiger partial charge in [0.1, 0.15) is 18.9 Å². The Hall–Kier alpha value is -4.35. The van der Waals surface area contributed by atoms with Crippen LogP contribution in [0.5, 0.6) is 0 Å². The quantitative estimate of drug-likeness (QED) is 0.113. The molecule has 0 saturated carbocycles. The number of esters is 3. The fraction of sp³-hybridized carbons (Fsp3) is 0.308. The molecule has 2 heterocycles. The van der Waals surface area contributed by atoms with Crippen LogP contribution in [0, 0.1) is 0 Å². The molecule has 0 unspecified atom stereocenters. The third kappa shape index (κ3) is 8.16. The average molecular weight is 715 g/mol. The van der Waals surface area contributed by atoms with Crippen LogP contribution in [0.1, 0.15) is 44.9 Å². The first-order chi connectivity index (χ1) is 24.4. The Labute approximate surface area is 301 Å². The number of nitrogens with zero attached hydrogens (tertiary/aromatic N) is 2. The predicted molar refractivity (Wildman–Crippen MR) is 193 cm³/mol. The van der Waals surface area contributed by atoms with Crippen molar-refractivity contribution in [2.24, 2.45) is 0 Å². The number of likely N-dealkylation sites (N-methyl/N-ethyl adjacent to an activating group) is 1. The molecule has 0 radical (unpaired) electrons. The van der Waals surface area contributed by atoms with Crippen molar-refractivity contribution in [3.63, 3.8) is 0 Å². The Kier molecular flexibility index (Phi) is 11.8. The van der Waals surface area contributed by atoms with Gasteiger partial charge in [0, 0.05) is 23.0 Å². The van der Waals surface area contributed by atoms with Gasteiger partial charge < -0.3 is 28.7 Å². The number of carbonyl (C=O) groups excluding carboxylic acids is 3. The van der Waals surface area contributed by atoms with Crippen LogP contribution < -0.4 is 4.90 Å². The third-order valence-corrected chi connectivity index (χ3v) is 10.5. The smallest absolute Gasteiger partial charge is 0.338 e. The summed E-state index contributed by atoms with van der Waals surface area (Å²) in [6, 6.07) is 31.5. The predicted octanol–water partition coefficient (Wildman–Crippen LogP) is 7.00. The van der Waals surface area contributed by atoms with Gasteiger partial charge in [0.15, 0.2) is 12.2 Å². The summed E-state index contributed by atoms with van der Waals surface area (Å²) in [6.07, 6.45) is -3.80. The van der Waals surface area contributed by atoms with Crippen LogP contribution in [0.2, 0.25) is 5.02 Å². The van der Waals surface area contributed by atoms with Gasteiger partial charge in [-0.05, 0) is 67.7 Å². The van der Waals surface area contributed by atoms with Crippen molar-refractivity contribution < 1.29 is 33.3 Å². The molecule has 4 aromatic rings. The lowest BCUT2D eigenvalue weighted by molar-refractivity contribution is -0.179. The minimum Gasteiger partial charge on any atom is -0.459 e. The molecule has 1 fully saturated rings. The van der Waals surface area contributed by atoms with Gasteiger partial charge in [-0.1, -0.05) is 80.0 Å². The van der Waals surface area contributed by atoms with E-state index in [1.807, 2.05) is 30.3 Å². The highest BCUT2D eigenvalue weighted by atomic mass is 35.5. The van der Waals surface area contributed by atoms with Crippen LogP contribution in [0.15, 0.2) is 114 Å². The molecule has 0 aliphatic carbocycles. The number of hydrogen-bond acceptors (Lipinski definition) is 10. The molecule has 5 atom stereocenters. The van der Waals surface area contributed by atoms with E-state index in [0.717, 1.165) is 30.2 Å². The van der Waals surface area contributed by atoms with Gasteiger partial charge in [0.05, 0.1) is 27.6 Å². The molecular formula is C39H39ClN2O7S. The van der Waals surface area contributed by atoms with Gasteiger partial charge in [-0.25, -0.2) is 14.4 Å². The van der Waals surface area contributed by atoms with Crippen LogP contribution in [0.25, 0.3) is 0 Å². The van der Waals surface area contributed by atoms with Crippen molar-refractivity contribution in [1.29, 1.82) is 0 Å². The second-order valence-electron chi connectivity index (χ2n) is 11.9. The Bertz CT molecular complexity index is 1760. The molecule has 0 N–H and O–H groups in total. The molecule has 0 spiro atoms. The number of ether oxygens (including phenoxy) is 4. The fourth-order valence-corrected chi connectivity index (χ4v) is 7.74. The van der Waals surface area contributed by atoms with Crippen molar-refractivity contribution in [3.05, 3.63) is 131 Å². The summed E-state index contributed by atoms with van der Waals surface area (Å²) >= 11 is 8.02. The summed E-state index contributed by atoms with van der Waals surface area (Å²) in [5.41, 5.74) is 1.91. The van der Waals surface area contributed by atoms with Crippen molar-refractivity contribution in [3.8, 4) is 0 Å². The molecule has 2 aliphatic heterocycles. The Morgan fingerprint density at radius 3 is 1.86 bits per heavy atom. The monoisotopic (exact) mass is 714 g/mol. The maximum Gasteiger partial charge on any atom is 0.338 e. The van der Waals surface area contributed by atoms with Gasteiger partial charge in [0.2, 0.25) is 0 Å². The van der Waals surface area contributed by atoms with Crippen molar-refractivity contribution in [2.75, 3.05) is 37.7 Å². The van der Waals surface area contributed by atoms with Crippen molar-refractivity contribution in [1.82, 2.24) is 4.90 Å². The van der Waals surface area contributed by atoms with E-state index in [4.69, 9.17) is 30.5 Å². The van der Waals surface area contributed by atoms with E-state index in [1.54, 1.807) is 78.9 Å². The zero-order chi connectivity index (χ0) is 35.0. The molecule has 6 rings (SSSR count). The Balaban J connectivity index is 1.41. The lowest BCUT2D eigenvalue weighted by atomic mass is 9.98. The largest absolute Gasteiger partial charge is 0.459 e. The second kappa shape index (κ2) is 16.6. The topological polar surface area (TPSA) is 94.6 Å². The van der Waals surface area contributed by atoms with E-state index < -0.39 is 47.7 Å². The van der Waals surface area contributed by atoms with Crippen LogP contribution in [-0.4, -0.2) is 85.4 Å². The van der Waals surface area contributed by atoms with E-state index in [2.05, 4.69) is 23.6 Å². The molecule has 4 aromatic carbocycles. The standard InChI is InChI=1S/C39H39ClN2O7S/c1-3-41(4-2)22-23-42-30-24-29(40)20-21-32(30)50-35-34(49-39(45)28-18-12-7-13-19-28)33(48-38(44)27-16-10-6-11-17-27)31(47-36(35)42)25-46-37(43)26-14-8-5-9-15-26/h5-21,24,31,33-36H,3-4,22-23,25H2,1-2H3/t31-,33-,34+,35+,36-/m1/s1. The number of rotatable bonds is 12. The van der Waals surface area contributed by atoms with Crippen LogP contribution >= 0.6 is 23.4 Å². The average Bonchev–Trinajstić information content (AvgIpc) is 3.16. The molecule has 0 bridgehead atoms. The number of hydrogen-bond donors (Lipinski definition) is 0. The molecule has 1 saturated heterocycles. The van der Waals surface area contributed by atoms with Gasteiger partial charge in [-0.15, -0.1) is 11.8 Å². The van der Waals surface area contributed by atoms with Gasteiger partial charge >= 0.3 is 17.9 Å². The highest BCUT2D eigenvalue weighted by Gasteiger charge is 2.55. The molecular weight excluding hydrogens is 676 g/mol. The number of carbonyl (C=O) groups is 3. The highest BCUT2D eigenvalue weighted by molar-refractivity contribution is 8.00. The number of halogens is 1. The van der Waals surface area contributed by atoms with E-state index in [1.165, 1.54) is 11.8 Å². The fourth-order valence-electron chi connectivity index (χ4n) is 6.16. The summed E-state index contributed by atoms with van der Waals surface area (Å²) in [5.74, 6) is -1.76. The number of benzene rings is 4. The normalized spacial score (nSPS) is 21.1. The van der Waals surface area contributed by atoms with E-state index in [9.17, 15) is 14.4 Å². The first kappa shape index (κ1) is 35.5. The van der Waals surface area contributed by atoms with Crippen molar-refractivity contribution in [2.45, 2.75) is 48.5 Å². The zero-order valence-electron chi connectivity index (χ0n) is 27.9. The number of anilines is 1. The molecule has 2 aliphatic rings. The third-order valence-electron chi connectivity index (χ3n) is 8.85. The van der Waals surface area contributed by atoms with E-state index in [-0.39, 0.29) is 6.61 Å². The second-order valence-corrected chi connectivity index (χ2v) is 13.6. The summed E-state index contributed by atoms with van der Waals surface area (Å²) in [5, 5.41) is 0.0317. The first-order valence-electron chi connectivity index (χ1n) is 16.7. The SMILES string of the molecule is CCN(CC)CCN1c2cc(Cl)ccc2S[C@H]2[C@@H](OC(=O)c3ccccc3)[C@H](OC(=O)c3ccccc3)[C@@H](COC(=O)c3ccccc3)O[C@H]21. The summed E-state index contributed by atoms with van der Waals surface area (Å²) in [7, 11) is 0. The Morgan fingerprint density at radius 1 is 0.760 bits per heavy atom. The highest BCUT2D eigenvalue weighted by Crippen LogP contribution is 2.48. The molecule has 0 amide bonds. The maximum atomic E-state index is 13.8. The first-order valence-corrected chi connectivity index (χ1v) is 18.0. The molecule has 260 valence electrons. The zero-order valence-corrected chi connectivity index (χ0v) is 29.4. The Morgan fingerprint density at radius 2 is 1.30 bits per heavy atom.